The minimum absolute atomic E-state index is 0.584. The number of fused-ring (bicyclic) bond motifs is 9. The van der Waals surface area contributed by atoms with Crippen LogP contribution in [0.1, 0.15) is 5.56 Å². The van der Waals surface area contributed by atoms with E-state index in [1.165, 1.54) is 10.8 Å². The molecule has 5 heteroatoms. The Morgan fingerprint density at radius 3 is 1.56 bits per heavy atom. The number of rotatable bonds is 4. The minimum atomic E-state index is 0.584. The van der Waals surface area contributed by atoms with Gasteiger partial charge in [0.2, 0.25) is 0 Å². The van der Waals surface area contributed by atoms with Gasteiger partial charge in [-0.25, -0.2) is 4.85 Å². The lowest BCUT2D eigenvalue weighted by molar-refractivity contribution is 1.15. The van der Waals surface area contributed by atoms with Gasteiger partial charge in [0.25, 0.3) is 0 Å². The highest BCUT2D eigenvalue weighted by atomic mass is 15.0. The molecule has 5 nitrogen and oxygen atoms in total. The van der Waals surface area contributed by atoms with E-state index in [0.717, 1.165) is 82.8 Å². The lowest BCUT2D eigenvalue weighted by atomic mass is 9.96. The van der Waals surface area contributed by atoms with Crippen molar-refractivity contribution in [1.82, 2.24) is 13.7 Å². The van der Waals surface area contributed by atoms with Gasteiger partial charge in [-0.1, -0.05) is 109 Å². The monoisotopic (exact) mass is 699 g/mol. The summed E-state index contributed by atoms with van der Waals surface area (Å²) in [4.78, 5) is 3.74. The zero-order valence-electron chi connectivity index (χ0n) is 29.5. The van der Waals surface area contributed by atoms with Gasteiger partial charge in [-0.15, -0.1) is 0 Å². The predicted octanol–water partition coefficient (Wildman–Crippen LogP) is 13.1. The van der Waals surface area contributed by atoms with Crippen LogP contribution in [0.15, 0.2) is 176 Å². The fraction of sp³-hybridized carbons (Fsp3) is 0. The van der Waals surface area contributed by atoms with E-state index in [1.54, 1.807) is 0 Å². The second kappa shape index (κ2) is 11.8. The molecule has 3 heterocycles. The van der Waals surface area contributed by atoms with Crippen LogP contribution in [0.3, 0.4) is 0 Å². The summed E-state index contributed by atoms with van der Waals surface area (Å²) in [6.07, 6.45) is 0. The Balaban J connectivity index is 1.24. The zero-order chi connectivity index (χ0) is 36.6. The molecule has 55 heavy (non-hydrogen) atoms. The van der Waals surface area contributed by atoms with Crippen LogP contribution in [0, 0.1) is 17.9 Å². The summed E-state index contributed by atoms with van der Waals surface area (Å²) in [5, 5.41) is 17.6. The van der Waals surface area contributed by atoms with Crippen molar-refractivity contribution in [2.24, 2.45) is 0 Å². The molecule has 11 rings (SSSR count). The Morgan fingerprint density at radius 2 is 0.891 bits per heavy atom. The standard InChI is InChI=1S/C50H29N5/c1-52-33-28-29-45-39(30-33)36-17-4-9-22-42(36)54(45)46-25-12-14-32(31-51)49(46)37-18-5-10-23-43(37)55-44-24-11-6-19-38(44)50-47(26-13-27-48(50)55)53-40-20-7-2-15-34(40)35-16-3-8-21-41(35)53/h2-30H. The summed E-state index contributed by atoms with van der Waals surface area (Å²) in [5.41, 5.74) is 12.5. The Kier molecular flexibility index (Phi) is 6.61. The molecule has 0 amide bonds. The summed E-state index contributed by atoms with van der Waals surface area (Å²) >= 11 is 0. The summed E-state index contributed by atoms with van der Waals surface area (Å²) in [7, 11) is 0. The molecule has 0 bridgehead atoms. The van der Waals surface area contributed by atoms with Crippen molar-refractivity contribution >= 4 is 71.1 Å². The van der Waals surface area contributed by atoms with Crippen LogP contribution in [-0.4, -0.2) is 13.7 Å². The van der Waals surface area contributed by atoms with E-state index in [4.69, 9.17) is 6.57 Å². The summed E-state index contributed by atoms with van der Waals surface area (Å²) in [6.45, 7) is 7.71. The van der Waals surface area contributed by atoms with Crippen molar-refractivity contribution in [3.8, 4) is 34.3 Å². The molecule has 0 saturated carbocycles. The lowest BCUT2D eigenvalue weighted by Crippen LogP contribution is -2.03. The highest BCUT2D eigenvalue weighted by Gasteiger charge is 2.24. The van der Waals surface area contributed by atoms with Crippen LogP contribution in [-0.2, 0) is 0 Å². The number of aromatic nitrogens is 3. The highest BCUT2D eigenvalue weighted by molar-refractivity contribution is 6.17. The van der Waals surface area contributed by atoms with Crippen LogP contribution in [0.2, 0.25) is 0 Å². The van der Waals surface area contributed by atoms with Crippen LogP contribution in [0.5, 0.6) is 0 Å². The molecule has 0 aliphatic heterocycles. The number of para-hydroxylation sites is 5. The average Bonchev–Trinajstić information content (AvgIpc) is 3.89. The maximum atomic E-state index is 10.8. The second-order valence-corrected chi connectivity index (χ2v) is 13.9. The van der Waals surface area contributed by atoms with Crippen LogP contribution < -0.4 is 0 Å². The van der Waals surface area contributed by atoms with E-state index in [1.807, 2.05) is 42.5 Å². The van der Waals surface area contributed by atoms with Crippen molar-refractivity contribution < 1.29 is 0 Å². The third-order valence-electron chi connectivity index (χ3n) is 11.1. The van der Waals surface area contributed by atoms with E-state index < -0.39 is 0 Å². The number of benzene rings is 8. The quantitative estimate of drug-likeness (QED) is 0.169. The molecule has 0 unspecified atom stereocenters. The number of nitrogens with zero attached hydrogens (tertiary/aromatic N) is 5. The molecule has 0 aliphatic rings. The van der Waals surface area contributed by atoms with E-state index in [-0.39, 0.29) is 0 Å². The molecule has 0 aliphatic carbocycles. The van der Waals surface area contributed by atoms with Gasteiger partial charge in [-0.05, 0) is 72.1 Å². The predicted molar refractivity (Wildman–Crippen MR) is 226 cm³/mol. The fourth-order valence-corrected chi connectivity index (χ4v) is 8.90. The summed E-state index contributed by atoms with van der Waals surface area (Å²) in [6, 6.07) is 63.7. The molecule has 0 spiro atoms. The first-order chi connectivity index (χ1) is 27.2. The normalized spacial score (nSPS) is 11.6. The third kappa shape index (κ3) is 4.33. The van der Waals surface area contributed by atoms with Crippen molar-refractivity contribution in [3.05, 3.63) is 193 Å². The van der Waals surface area contributed by atoms with Gasteiger partial charge in [-0.3, -0.25) is 0 Å². The molecular formula is C50H29N5. The van der Waals surface area contributed by atoms with Crippen molar-refractivity contribution in [2.45, 2.75) is 0 Å². The zero-order valence-corrected chi connectivity index (χ0v) is 29.5. The SMILES string of the molecule is [C-]#[N+]c1ccc2c(c1)c1ccccc1n2-c1cccc(C#N)c1-c1ccccc1-n1c2ccccc2c2c(-n3c4ccccc4c4ccccc43)cccc21. The first-order valence-electron chi connectivity index (χ1n) is 18.3. The molecular weight excluding hydrogens is 671 g/mol. The van der Waals surface area contributed by atoms with Gasteiger partial charge in [0, 0.05) is 38.1 Å². The van der Waals surface area contributed by atoms with Gasteiger partial charge in [0.1, 0.15) is 0 Å². The molecule has 0 fully saturated rings. The number of hydrogen-bond donors (Lipinski definition) is 0. The summed E-state index contributed by atoms with van der Waals surface area (Å²) < 4.78 is 7.02. The molecule has 0 N–H and O–H groups in total. The molecule has 11 aromatic rings. The van der Waals surface area contributed by atoms with E-state index in [2.05, 4.69) is 158 Å². The molecule has 0 atom stereocenters. The highest BCUT2D eigenvalue weighted by Crippen LogP contribution is 2.44. The van der Waals surface area contributed by atoms with Gasteiger partial charge in [0.05, 0.1) is 68.4 Å². The van der Waals surface area contributed by atoms with Crippen LogP contribution in [0.25, 0.3) is 98.5 Å². The average molecular weight is 700 g/mol. The maximum Gasteiger partial charge on any atom is 0.188 e. The minimum Gasteiger partial charge on any atom is -0.309 e. The van der Waals surface area contributed by atoms with E-state index in [0.29, 0.717) is 11.3 Å². The Labute approximate surface area is 316 Å². The number of nitriles is 1. The topological polar surface area (TPSA) is 42.9 Å². The Hall–Kier alpha value is -7.86. The molecule has 0 radical (unpaired) electrons. The Morgan fingerprint density at radius 1 is 0.418 bits per heavy atom. The first kappa shape index (κ1) is 30.7. The third-order valence-corrected chi connectivity index (χ3v) is 11.1. The van der Waals surface area contributed by atoms with Crippen LogP contribution >= 0.6 is 0 Å². The molecule has 254 valence electrons. The molecule has 0 saturated heterocycles. The van der Waals surface area contributed by atoms with E-state index >= 15 is 0 Å². The summed E-state index contributed by atoms with van der Waals surface area (Å²) in [5.74, 6) is 0. The van der Waals surface area contributed by atoms with Gasteiger partial charge in [-0.2, -0.15) is 5.26 Å². The molecule has 3 aromatic heterocycles. The Bertz CT molecular complexity index is 3420. The van der Waals surface area contributed by atoms with E-state index in [9.17, 15) is 5.26 Å². The fourth-order valence-electron chi connectivity index (χ4n) is 8.90. The first-order valence-corrected chi connectivity index (χ1v) is 18.3. The maximum absolute atomic E-state index is 10.8. The van der Waals surface area contributed by atoms with Gasteiger partial charge in [0.15, 0.2) is 5.69 Å². The lowest BCUT2D eigenvalue weighted by Gasteiger charge is -2.19. The smallest absolute Gasteiger partial charge is 0.188 e. The van der Waals surface area contributed by atoms with Crippen molar-refractivity contribution in [1.29, 1.82) is 5.26 Å². The van der Waals surface area contributed by atoms with Crippen LogP contribution in [0.4, 0.5) is 5.69 Å². The van der Waals surface area contributed by atoms with Crippen molar-refractivity contribution in [3.63, 3.8) is 0 Å². The number of hydrogen-bond acceptors (Lipinski definition) is 1. The largest absolute Gasteiger partial charge is 0.309 e. The van der Waals surface area contributed by atoms with Gasteiger partial charge >= 0.3 is 0 Å². The van der Waals surface area contributed by atoms with Gasteiger partial charge < -0.3 is 13.7 Å². The molecule has 8 aromatic carbocycles. The van der Waals surface area contributed by atoms with Crippen molar-refractivity contribution in [2.75, 3.05) is 0 Å². The second-order valence-electron chi connectivity index (χ2n) is 13.9.